The topological polar surface area (TPSA) is 18.5 Å². The van der Waals surface area contributed by atoms with E-state index in [1.807, 2.05) is 0 Å². The third kappa shape index (κ3) is 5.42. The van der Waals surface area contributed by atoms with Crippen LogP contribution in [-0.2, 0) is 8.23 Å². The third-order valence-electron chi connectivity index (χ3n) is 5.11. The van der Waals surface area contributed by atoms with Crippen LogP contribution in [0, 0.1) is 0 Å². The lowest BCUT2D eigenvalue weighted by atomic mass is 10.5. The van der Waals surface area contributed by atoms with Crippen LogP contribution in [0.5, 0.6) is 0 Å². The van der Waals surface area contributed by atoms with Crippen molar-refractivity contribution in [3.05, 3.63) is 0 Å². The van der Waals surface area contributed by atoms with E-state index in [1.165, 1.54) is 0 Å². The summed E-state index contributed by atoms with van der Waals surface area (Å²) >= 11 is 7.05. The van der Waals surface area contributed by atoms with Gasteiger partial charge >= 0.3 is 8.56 Å². The van der Waals surface area contributed by atoms with E-state index in [0.29, 0.717) is 27.7 Å². The number of halogens is 1. The average molecular weight is 397 g/mol. The molecule has 0 aromatic rings. The molecular formula is C17H41ClO2Si3. The van der Waals surface area contributed by atoms with E-state index in [4.69, 9.17) is 19.3 Å². The second-order valence-corrected chi connectivity index (χ2v) is 24.0. The molecule has 0 bridgehead atoms. The van der Waals surface area contributed by atoms with Gasteiger partial charge in [0, 0.05) is 0 Å². The summed E-state index contributed by atoms with van der Waals surface area (Å²) in [7, 11) is -6.54. The summed E-state index contributed by atoms with van der Waals surface area (Å²) in [4.78, 5) is 0. The summed E-state index contributed by atoms with van der Waals surface area (Å²) in [6.07, 6.45) is 0. The highest BCUT2D eigenvalue weighted by atomic mass is 35.6. The highest BCUT2D eigenvalue weighted by Crippen LogP contribution is 2.46. The lowest BCUT2D eigenvalue weighted by Gasteiger charge is -2.49. The molecule has 6 heteroatoms. The summed E-state index contributed by atoms with van der Waals surface area (Å²) < 4.78 is 13.7. The smallest absolute Gasteiger partial charge is 0.311 e. The number of hydrogen-bond acceptors (Lipinski definition) is 2. The summed E-state index contributed by atoms with van der Waals surface area (Å²) in [5.41, 5.74) is 2.48. The van der Waals surface area contributed by atoms with Crippen LogP contribution in [0.25, 0.3) is 0 Å². The zero-order valence-electron chi connectivity index (χ0n) is 17.6. The molecule has 0 aliphatic carbocycles. The first kappa shape index (κ1) is 23.9. The maximum Gasteiger partial charge on any atom is 0.311 e. The fourth-order valence-corrected chi connectivity index (χ4v) is 22.8. The Balaban J connectivity index is 5.66. The van der Waals surface area contributed by atoms with Gasteiger partial charge in [-0.3, -0.25) is 0 Å². The second kappa shape index (κ2) is 8.50. The molecule has 0 unspecified atom stereocenters. The van der Waals surface area contributed by atoms with Crippen LogP contribution in [0.4, 0.5) is 0 Å². The van der Waals surface area contributed by atoms with Crippen LogP contribution in [0.3, 0.4) is 0 Å². The molecule has 0 atom stereocenters. The Hall–Kier alpha value is 0.861. The fourth-order valence-electron chi connectivity index (χ4n) is 4.08. The molecular weight excluding hydrogens is 356 g/mol. The van der Waals surface area contributed by atoms with Crippen LogP contribution in [0.1, 0.15) is 69.2 Å². The molecule has 0 spiro atoms. The van der Waals surface area contributed by atoms with Gasteiger partial charge in [0.2, 0.25) is 0 Å². The van der Waals surface area contributed by atoms with Crippen LogP contribution < -0.4 is 0 Å². The number of rotatable bonds is 9. The second-order valence-electron chi connectivity index (χ2n) is 8.93. The van der Waals surface area contributed by atoms with Crippen molar-refractivity contribution in [2.45, 2.75) is 110 Å². The van der Waals surface area contributed by atoms with E-state index < -0.39 is 24.5 Å². The molecule has 0 saturated carbocycles. The van der Waals surface area contributed by atoms with Crippen molar-refractivity contribution in [2.24, 2.45) is 0 Å². The Kier molecular flexibility index (Phi) is 8.81. The van der Waals surface area contributed by atoms with E-state index in [-0.39, 0.29) is 0 Å². The van der Waals surface area contributed by atoms with Crippen molar-refractivity contribution in [3.63, 3.8) is 0 Å². The molecule has 0 radical (unpaired) electrons. The molecule has 23 heavy (non-hydrogen) atoms. The Bertz CT molecular complexity index is 339. The molecule has 0 aliphatic heterocycles. The van der Waals surface area contributed by atoms with Gasteiger partial charge in [0.05, 0.1) is 0 Å². The molecule has 0 N–H and O–H groups in total. The minimum Gasteiger partial charge on any atom is -0.435 e. The molecule has 0 amide bonds. The van der Waals surface area contributed by atoms with Gasteiger partial charge in [0.15, 0.2) is 8.32 Å². The Labute approximate surface area is 153 Å². The van der Waals surface area contributed by atoms with Gasteiger partial charge in [-0.05, 0) is 40.8 Å². The fraction of sp³-hybridized carbons (Fsp3) is 1.00. The standard InChI is InChI=1S/C17H41ClO2Si3/c1-13(2)22(14(3)4,15(5)6)19-21(11,12)20-23(18,16(7)8)17(9)10/h13-17H,1-12H3. The molecule has 0 saturated heterocycles. The van der Waals surface area contributed by atoms with Gasteiger partial charge in [0.1, 0.15) is 0 Å². The SMILES string of the molecule is CC(C)[Si](Cl)(O[Si](C)(C)O[Si](C(C)C)(C(C)C)C(C)C)C(C)C. The summed E-state index contributed by atoms with van der Waals surface area (Å²) in [5.74, 6) is 0. The summed E-state index contributed by atoms with van der Waals surface area (Å²) in [6.45, 7) is 27.2. The zero-order valence-corrected chi connectivity index (χ0v) is 21.3. The van der Waals surface area contributed by atoms with Crippen molar-refractivity contribution in [3.8, 4) is 0 Å². The predicted octanol–water partition coefficient (Wildman–Crippen LogP) is 7.40. The van der Waals surface area contributed by atoms with E-state index >= 15 is 0 Å². The van der Waals surface area contributed by atoms with E-state index in [0.717, 1.165) is 0 Å². The molecule has 0 fully saturated rings. The van der Waals surface area contributed by atoms with Crippen LogP contribution >= 0.6 is 11.1 Å². The van der Waals surface area contributed by atoms with Gasteiger partial charge < -0.3 is 8.23 Å². The Morgan fingerprint density at radius 3 is 1.09 bits per heavy atom. The molecule has 0 heterocycles. The normalized spacial score (nSPS) is 14.9. The van der Waals surface area contributed by atoms with Gasteiger partial charge in [-0.25, -0.2) is 0 Å². The molecule has 0 aromatic carbocycles. The lowest BCUT2D eigenvalue weighted by molar-refractivity contribution is 0.359. The summed E-state index contributed by atoms with van der Waals surface area (Å²) in [6, 6.07) is 0. The van der Waals surface area contributed by atoms with Crippen molar-refractivity contribution >= 4 is 35.6 Å². The first-order valence-corrected chi connectivity index (χ1v) is 17.3. The van der Waals surface area contributed by atoms with Crippen LogP contribution in [-0.4, -0.2) is 24.5 Å². The van der Waals surface area contributed by atoms with Gasteiger partial charge in [-0.1, -0.05) is 69.2 Å². The zero-order chi connectivity index (χ0) is 18.8. The van der Waals surface area contributed by atoms with E-state index in [2.05, 4.69) is 82.3 Å². The molecule has 0 rings (SSSR count). The predicted molar refractivity (Wildman–Crippen MR) is 113 cm³/mol. The van der Waals surface area contributed by atoms with Crippen LogP contribution in [0.15, 0.2) is 0 Å². The maximum absolute atomic E-state index is 7.05. The monoisotopic (exact) mass is 396 g/mol. The highest BCUT2D eigenvalue weighted by Gasteiger charge is 2.53. The molecule has 2 nitrogen and oxygen atoms in total. The quantitative estimate of drug-likeness (QED) is 0.298. The van der Waals surface area contributed by atoms with Crippen molar-refractivity contribution in [1.82, 2.24) is 0 Å². The van der Waals surface area contributed by atoms with Crippen molar-refractivity contribution < 1.29 is 8.23 Å². The Morgan fingerprint density at radius 1 is 0.565 bits per heavy atom. The lowest BCUT2D eigenvalue weighted by Crippen LogP contribution is -2.59. The van der Waals surface area contributed by atoms with Crippen molar-refractivity contribution in [2.75, 3.05) is 0 Å². The first-order valence-electron chi connectivity index (χ1n) is 9.22. The highest BCUT2D eigenvalue weighted by molar-refractivity contribution is 7.20. The van der Waals surface area contributed by atoms with Gasteiger partial charge in [0.25, 0.3) is 7.63 Å². The van der Waals surface area contributed by atoms with Crippen molar-refractivity contribution in [1.29, 1.82) is 0 Å². The molecule has 0 aromatic heterocycles. The minimum absolute atomic E-state index is 0.382. The van der Waals surface area contributed by atoms with E-state index in [9.17, 15) is 0 Å². The maximum atomic E-state index is 7.05. The van der Waals surface area contributed by atoms with Crippen LogP contribution in [0.2, 0.25) is 40.8 Å². The number of hydrogen-bond donors (Lipinski definition) is 0. The average Bonchev–Trinajstić information content (AvgIpc) is 2.33. The van der Waals surface area contributed by atoms with E-state index in [1.54, 1.807) is 0 Å². The third-order valence-corrected chi connectivity index (χ3v) is 23.6. The molecule has 140 valence electrons. The first-order chi connectivity index (χ1) is 10.1. The molecule has 0 aliphatic rings. The van der Waals surface area contributed by atoms with Gasteiger partial charge in [-0.15, -0.1) is 11.1 Å². The Morgan fingerprint density at radius 2 is 0.870 bits per heavy atom. The minimum atomic E-state index is -2.31. The van der Waals surface area contributed by atoms with Gasteiger partial charge in [-0.2, -0.15) is 0 Å². The largest absolute Gasteiger partial charge is 0.435 e. The summed E-state index contributed by atoms with van der Waals surface area (Å²) in [5, 5.41) is 0.